The fraction of sp³-hybridized carbons (Fsp3) is 0.200. The summed E-state index contributed by atoms with van der Waals surface area (Å²) in [6.07, 6.45) is 1.59. The van der Waals surface area contributed by atoms with Crippen molar-refractivity contribution < 1.29 is 19.6 Å². The molecule has 28 heavy (non-hydrogen) atoms. The standard InChI is InChI=1S/C20H17N3O5/c21-13-17(14-1-3-15(4-2-14)20(24)25)11-16-12-18(23(26)27)5-6-19(16)22-7-9-28-10-8-22/h1-6,11-12H,7-10H2,(H,24,25)/b17-11+. The summed E-state index contributed by atoms with van der Waals surface area (Å²) in [5.74, 6) is -1.05. The second kappa shape index (κ2) is 8.33. The van der Waals surface area contributed by atoms with Gasteiger partial charge in [-0.15, -0.1) is 0 Å². The number of hydrogen-bond donors (Lipinski definition) is 1. The van der Waals surface area contributed by atoms with Crippen molar-refractivity contribution in [3.8, 4) is 6.07 Å². The number of benzene rings is 2. The number of nitriles is 1. The lowest BCUT2D eigenvalue weighted by molar-refractivity contribution is -0.384. The smallest absolute Gasteiger partial charge is 0.335 e. The van der Waals surface area contributed by atoms with Crippen molar-refractivity contribution in [2.24, 2.45) is 0 Å². The molecular formula is C20H17N3O5. The van der Waals surface area contributed by atoms with Crippen molar-refractivity contribution in [2.45, 2.75) is 0 Å². The Balaban J connectivity index is 2.05. The van der Waals surface area contributed by atoms with E-state index in [0.29, 0.717) is 37.4 Å². The van der Waals surface area contributed by atoms with Crippen molar-refractivity contribution >= 4 is 29.0 Å². The Kier molecular flexibility index (Phi) is 5.67. The molecule has 0 saturated carbocycles. The van der Waals surface area contributed by atoms with Crippen molar-refractivity contribution in [1.82, 2.24) is 0 Å². The van der Waals surface area contributed by atoms with Crippen LogP contribution in [-0.2, 0) is 4.74 Å². The first-order chi connectivity index (χ1) is 13.5. The number of nitro groups is 1. The van der Waals surface area contributed by atoms with Gasteiger partial charge >= 0.3 is 5.97 Å². The van der Waals surface area contributed by atoms with Gasteiger partial charge < -0.3 is 14.7 Å². The van der Waals surface area contributed by atoms with Gasteiger partial charge in [0.15, 0.2) is 0 Å². The normalized spacial score (nSPS) is 14.4. The number of carbonyl (C=O) groups is 1. The minimum Gasteiger partial charge on any atom is -0.478 e. The molecule has 1 aliphatic rings. The minimum atomic E-state index is -1.05. The summed E-state index contributed by atoms with van der Waals surface area (Å²) < 4.78 is 5.36. The maximum absolute atomic E-state index is 11.2. The molecule has 0 spiro atoms. The highest BCUT2D eigenvalue weighted by Gasteiger charge is 2.18. The number of non-ortho nitro benzene ring substituents is 1. The Morgan fingerprint density at radius 2 is 1.82 bits per heavy atom. The fourth-order valence-electron chi connectivity index (χ4n) is 2.99. The molecule has 142 valence electrons. The molecule has 0 unspecified atom stereocenters. The molecule has 8 nitrogen and oxygen atoms in total. The lowest BCUT2D eigenvalue weighted by Crippen LogP contribution is -2.36. The number of rotatable bonds is 5. The maximum atomic E-state index is 11.2. The van der Waals surface area contributed by atoms with Crippen LogP contribution in [0.3, 0.4) is 0 Å². The van der Waals surface area contributed by atoms with E-state index in [9.17, 15) is 20.2 Å². The number of hydrogen-bond acceptors (Lipinski definition) is 6. The molecule has 0 bridgehead atoms. The Morgan fingerprint density at radius 1 is 1.18 bits per heavy atom. The van der Waals surface area contributed by atoms with Crippen molar-refractivity contribution in [3.05, 3.63) is 69.3 Å². The van der Waals surface area contributed by atoms with Crippen LogP contribution in [0.25, 0.3) is 11.6 Å². The summed E-state index contributed by atoms with van der Waals surface area (Å²) in [5, 5.41) is 29.8. The third-order valence-corrected chi connectivity index (χ3v) is 4.44. The SMILES string of the molecule is N#C/C(=C\c1cc([N+](=O)[O-])ccc1N1CCOCC1)c1ccc(C(=O)O)cc1. The maximum Gasteiger partial charge on any atom is 0.335 e. The van der Waals surface area contributed by atoms with E-state index in [1.165, 1.54) is 24.3 Å². The molecular weight excluding hydrogens is 362 g/mol. The number of morpholine rings is 1. The molecule has 0 amide bonds. The topological polar surface area (TPSA) is 117 Å². The zero-order chi connectivity index (χ0) is 20.1. The first-order valence-corrected chi connectivity index (χ1v) is 8.56. The second-order valence-electron chi connectivity index (χ2n) is 6.15. The first kappa shape index (κ1) is 19.1. The monoisotopic (exact) mass is 379 g/mol. The molecule has 8 heteroatoms. The summed E-state index contributed by atoms with van der Waals surface area (Å²) >= 11 is 0. The van der Waals surface area contributed by atoms with E-state index in [1.54, 1.807) is 24.3 Å². The molecule has 2 aromatic carbocycles. The average molecular weight is 379 g/mol. The second-order valence-corrected chi connectivity index (χ2v) is 6.15. The molecule has 1 N–H and O–H groups in total. The molecule has 3 rings (SSSR count). The molecule has 1 saturated heterocycles. The highest BCUT2D eigenvalue weighted by Crippen LogP contribution is 2.30. The van der Waals surface area contributed by atoms with Crippen LogP contribution in [0.2, 0.25) is 0 Å². The number of nitrogens with zero attached hydrogens (tertiary/aromatic N) is 3. The van der Waals surface area contributed by atoms with Gasteiger partial charge in [-0.05, 0) is 29.8 Å². The van der Waals surface area contributed by atoms with Gasteiger partial charge in [0.1, 0.15) is 0 Å². The average Bonchev–Trinajstić information content (AvgIpc) is 2.72. The van der Waals surface area contributed by atoms with Crippen molar-refractivity contribution in [2.75, 3.05) is 31.2 Å². The number of nitro benzene ring substituents is 1. The van der Waals surface area contributed by atoms with Crippen LogP contribution in [0, 0.1) is 21.4 Å². The molecule has 0 radical (unpaired) electrons. The van der Waals surface area contributed by atoms with Crippen LogP contribution in [0.5, 0.6) is 0 Å². The molecule has 1 aliphatic heterocycles. The van der Waals surface area contributed by atoms with Gasteiger partial charge in [0.2, 0.25) is 0 Å². The summed E-state index contributed by atoms with van der Waals surface area (Å²) in [4.78, 5) is 23.8. The van der Waals surface area contributed by atoms with Gasteiger partial charge in [0.25, 0.3) is 5.69 Å². The van der Waals surface area contributed by atoms with E-state index in [1.807, 2.05) is 0 Å². The summed E-state index contributed by atoms with van der Waals surface area (Å²) in [5.41, 5.74) is 2.20. The molecule has 0 atom stereocenters. The number of carboxylic acids is 1. The molecule has 1 heterocycles. The number of ether oxygens (including phenoxy) is 1. The fourth-order valence-corrected chi connectivity index (χ4v) is 2.99. The van der Waals surface area contributed by atoms with Crippen LogP contribution >= 0.6 is 0 Å². The third kappa shape index (κ3) is 4.16. The Hall–Kier alpha value is -3.70. The Labute approximate surface area is 161 Å². The molecule has 0 aliphatic carbocycles. The Morgan fingerprint density at radius 3 is 2.39 bits per heavy atom. The third-order valence-electron chi connectivity index (χ3n) is 4.44. The quantitative estimate of drug-likeness (QED) is 0.367. The summed E-state index contributed by atoms with van der Waals surface area (Å²) in [6, 6.07) is 12.6. The predicted octanol–water partition coefficient (Wildman–Crippen LogP) is 3.19. The van der Waals surface area contributed by atoms with Gasteiger partial charge in [-0.1, -0.05) is 12.1 Å². The minimum absolute atomic E-state index is 0.0678. The Bertz CT molecular complexity index is 970. The molecule has 2 aromatic rings. The number of anilines is 1. The summed E-state index contributed by atoms with van der Waals surface area (Å²) in [7, 11) is 0. The largest absolute Gasteiger partial charge is 0.478 e. The van der Waals surface area contributed by atoms with Gasteiger partial charge in [-0.2, -0.15) is 5.26 Å². The van der Waals surface area contributed by atoms with E-state index < -0.39 is 10.9 Å². The highest BCUT2D eigenvalue weighted by atomic mass is 16.6. The van der Waals surface area contributed by atoms with Gasteiger partial charge in [-0.25, -0.2) is 4.79 Å². The van der Waals surface area contributed by atoms with E-state index in [0.717, 1.165) is 5.69 Å². The lowest BCUT2D eigenvalue weighted by atomic mass is 10.0. The zero-order valence-corrected chi connectivity index (χ0v) is 14.9. The predicted molar refractivity (Wildman–Crippen MR) is 103 cm³/mol. The van der Waals surface area contributed by atoms with Gasteiger partial charge in [-0.3, -0.25) is 10.1 Å². The first-order valence-electron chi connectivity index (χ1n) is 8.56. The number of carboxylic acid groups (broad SMARTS) is 1. The zero-order valence-electron chi connectivity index (χ0n) is 14.9. The van der Waals surface area contributed by atoms with Crippen molar-refractivity contribution in [3.63, 3.8) is 0 Å². The van der Waals surface area contributed by atoms with Crippen LogP contribution in [0.15, 0.2) is 42.5 Å². The number of aromatic carboxylic acids is 1. The van der Waals surface area contributed by atoms with E-state index in [4.69, 9.17) is 9.84 Å². The molecule has 1 fully saturated rings. The molecule has 0 aromatic heterocycles. The van der Waals surface area contributed by atoms with E-state index in [2.05, 4.69) is 11.0 Å². The van der Waals surface area contributed by atoms with Gasteiger partial charge in [0.05, 0.1) is 35.3 Å². The van der Waals surface area contributed by atoms with E-state index >= 15 is 0 Å². The van der Waals surface area contributed by atoms with Gasteiger partial charge in [0, 0.05) is 36.5 Å². The highest BCUT2D eigenvalue weighted by molar-refractivity contribution is 5.94. The van der Waals surface area contributed by atoms with Crippen LogP contribution < -0.4 is 4.90 Å². The summed E-state index contributed by atoms with van der Waals surface area (Å²) in [6.45, 7) is 2.41. The van der Waals surface area contributed by atoms with Crippen molar-refractivity contribution in [1.29, 1.82) is 5.26 Å². The van der Waals surface area contributed by atoms with E-state index in [-0.39, 0.29) is 16.8 Å². The van der Waals surface area contributed by atoms with Crippen LogP contribution in [-0.4, -0.2) is 42.3 Å². The lowest BCUT2D eigenvalue weighted by Gasteiger charge is -2.30. The van der Waals surface area contributed by atoms with Crippen LogP contribution in [0.1, 0.15) is 21.5 Å². The number of allylic oxidation sites excluding steroid dienone is 1. The van der Waals surface area contributed by atoms with Crippen LogP contribution in [0.4, 0.5) is 11.4 Å².